The van der Waals surface area contributed by atoms with Gasteiger partial charge in [0.05, 0.1) is 19.8 Å². The van der Waals surface area contributed by atoms with Crippen LogP contribution in [0.25, 0.3) is 11.1 Å². The van der Waals surface area contributed by atoms with Gasteiger partial charge in [0.1, 0.15) is 23.2 Å². The summed E-state index contributed by atoms with van der Waals surface area (Å²) < 4.78 is 25.6. The van der Waals surface area contributed by atoms with Crippen LogP contribution in [0.4, 0.5) is 4.39 Å². The van der Waals surface area contributed by atoms with Crippen molar-refractivity contribution in [1.82, 2.24) is 14.8 Å². The lowest BCUT2D eigenvalue weighted by Crippen LogP contribution is -2.49. The normalized spacial score (nSPS) is 18.6. The van der Waals surface area contributed by atoms with Crippen molar-refractivity contribution in [3.05, 3.63) is 77.7 Å². The minimum Gasteiger partial charge on any atom is -0.496 e. The highest BCUT2D eigenvalue weighted by Gasteiger charge is 2.34. The number of carbonyl (C=O) groups is 1. The zero-order valence-corrected chi connectivity index (χ0v) is 21.7. The van der Waals surface area contributed by atoms with E-state index in [0.717, 1.165) is 16.7 Å². The van der Waals surface area contributed by atoms with Crippen LogP contribution in [0.5, 0.6) is 11.6 Å². The lowest BCUT2D eigenvalue weighted by molar-refractivity contribution is 0.0325. The molecule has 196 valence electrons. The Morgan fingerprint density at radius 3 is 2.73 bits per heavy atom. The highest BCUT2D eigenvalue weighted by molar-refractivity contribution is 5.98. The molecule has 0 spiro atoms. The number of halogens is 1. The molecule has 1 aliphatic rings. The Morgan fingerprint density at radius 1 is 1.22 bits per heavy atom. The molecule has 37 heavy (non-hydrogen) atoms. The van der Waals surface area contributed by atoms with Crippen LogP contribution < -0.4 is 9.47 Å². The Morgan fingerprint density at radius 2 is 2.00 bits per heavy atom. The molecule has 2 heterocycles. The first-order valence-electron chi connectivity index (χ1n) is 12.5. The van der Waals surface area contributed by atoms with Crippen LogP contribution in [0, 0.1) is 11.7 Å². The number of benzene rings is 2. The summed E-state index contributed by atoms with van der Waals surface area (Å²) in [4.78, 5) is 22.0. The molecule has 1 amide bonds. The van der Waals surface area contributed by atoms with Crippen molar-refractivity contribution < 1.29 is 23.8 Å². The molecule has 0 saturated carbocycles. The van der Waals surface area contributed by atoms with E-state index in [9.17, 15) is 14.3 Å². The number of ether oxygens (including phenoxy) is 2. The van der Waals surface area contributed by atoms with Gasteiger partial charge >= 0.3 is 0 Å². The van der Waals surface area contributed by atoms with Gasteiger partial charge < -0.3 is 19.5 Å². The Labute approximate surface area is 217 Å². The largest absolute Gasteiger partial charge is 0.496 e. The van der Waals surface area contributed by atoms with Crippen molar-refractivity contribution in [1.29, 1.82) is 0 Å². The minimum absolute atomic E-state index is 0.0447. The highest BCUT2D eigenvalue weighted by atomic mass is 19.1. The number of fused-ring (bicyclic) bond motifs is 1. The molecular weight excluding hydrogens is 473 g/mol. The van der Waals surface area contributed by atoms with E-state index in [1.807, 2.05) is 51.2 Å². The van der Waals surface area contributed by atoms with Crippen LogP contribution in [-0.4, -0.2) is 71.8 Å². The number of aromatic nitrogens is 1. The maximum atomic E-state index is 13.7. The number of hydrogen-bond donors (Lipinski definition) is 1. The van der Waals surface area contributed by atoms with Gasteiger partial charge in [0.25, 0.3) is 5.91 Å². The third-order valence-electron chi connectivity index (χ3n) is 6.77. The average molecular weight is 508 g/mol. The van der Waals surface area contributed by atoms with Crippen LogP contribution in [0.15, 0.2) is 60.8 Å². The molecule has 7 nitrogen and oxygen atoms in total. The number of pyridine rings is 1. The number of para-hydroxylation sites is 1. The Hall–Kier alpha value is -3.49. The first-order chi connectivity index (χ1) is 17.8. The van der Waals surface area contributed by atoms with E-state index in [1.54, 1.807) is 30.3 Å². The maximum Gasteiger partial charge on any atom is 0.259 e. The van der Waals surface area contributed by atoms with Crippen molar-refractivity contribution in [2.75, 3.05) is 33.9 Å². The molecule has 0 unspecified atom stereocenters. The molecule has 0 fully saturated rings. The predicted octanol–water partition coefficient (Wildman–Crippen LogP) is 4.25. The fourth-order valence-corrected chi connectivity index (χ4v) is 4.67. The summed E-state index contributed by atoms with van der Waals surface area (Å²) >= 11 is 0. The second kappa shape index (κ2) is 11.7. The zero-order chi connectivity index (χ0) is 26.5. The predicted molar refractivity (Wildman–Crippen MR) is 140 cm³/mol. The molecule has 1 aromatic heterocycles. The fraction of sp³-hybridized carbons (Fsp3) is 0.379. The second-order valence-corrected chi connectivity index (χ2v) is 9.73. The first kappa shape index (κ1) is 26.6. The van der Waals surface area contributed by atoms with E-state index >= 15 is 0 Å². The molecule has 8 heteroatoms. The van der Waals surface area contributed by atoms with Gasteiger partial charge in [-0.05, 0) is 43.8 Å². The van der Waals surface area contributed by atoms with E-state index in [1.165, 1.54) is 12.1 Å². The molecule has 2 aromatic carbocycles. The van der Waals surface area contributed by atoms with Crippen LogP contribution in [0.1, 0.15) is 29.8 Å². The summed E-state index contributed by atoms with van der Waals surface area (Å²) in [5.74, 6) is 0.387. The van der Waals surface area contributed by atoms with Gasteiger partial charge in [-0.1, -0.05) is 37.3 Å². The van der Waals surface area contributed by atoms with Crippen LogP contribution in [-0.2, 0) is 6.54 Å². The zero-order valence-electron chi connectivity index (χ0n) is 21.7. The molecule has 0 aliphatic carbocycles. The Kier molecular flexibility index (Phi) is 8.41. The van der Waals surface area contributed by atoms with Crippen molar-refractivity contribution in [2.24, 2.45) is 5.92 Å². The van der Waals surface area contributed by atoms with Crippen LogP contribution in [0.2, 0.25) is 0 Å². The average Bonchev–Trinajstić information content (AvgIpc) is 2.90. The van der Waals surface area contributed by atoms with Crippen molar-refractivity contribution in [3.8, 4) is 22.8 Å². The smallest absolute Gasteiger partial charge is 0.259 e. The van der Waals surface area contributed by atoms with Crippen LogP contribution >= 0.6 is 0 Å². The number of likely N-dealkylation sites (N-methyl/N-ethyl adjacent to an activating group) is 1. The van der Waals surface area contributed by atoms with E-state index in [-0.39, 0.29) is 42.3 Å². The van der Waals surface area contributed by atoms with Gasteiger partial charge in [-0.3, -0.25) is 9.69 Å². The molecule has 3 atom stereocenters. The van der Waals surface area contributed by atoms with Crippen molar-refractivity contribution >= 4 is 5.91 Å². The van der Waals surface area contributed by atoms with Crippen molar-refractivity contribution in [2.45, 2.75) is 32.5 Å². The molecular formula is C29H34FN3O4. The minimum atomic E-state index is -0.374. The molecule has 4 rings (SSSR count). The molecule has 1 aliphatic heterocycles. The Bertz CT molecular complexity index is 1240. The molecule has 0 radical (unpaired) electrons. The summed E-state index contributed by atoms with van der Waals surface area (Å²) in [6.45, 7) is 5.21. The standard InChI is InChI=1S/C29H34FN3O4/c1-19-15-33(20(2)18-34)29(35)25-13-22(24-10-5-6-11-26(24)36-4)14-31-28(25)37-27(19)17-32(3)16-21-8-7-9-23(30)12-21/h5-14,19-20,27,34H,15-18H2,1-4H3/t19-,20+,27-/m0/s1. The number of carbonyl (C=O) groups excluding carboxylic acids is 1. The van der Waals surface area contributed by atoms with E-state index in [0.29, 0.717) is 30.9 Å². The van der Waals surface area contributed by atoms with Gasteiger partial charge in [-0.2, -0.15) is 0 Å². The summed E-state index contributed by atoms with van der Waals surface area (Å²) in [5, 5.41) is 9.90. The SMILES string of the molecule is COc1ccccc1-c1cnc2c(c1)C(=O)N([C@H](C)CO)C[C@H](C)[C@H](CN(C)Cc1cccc(F)c1)O2. The van der Waals surface area contributed by atoms with Gasteiger partial charge in [-0.15, -0.1) is 0 Å². The number of aliphatic hydroxyl groups excluding tert-OH is 1. The number of rotatable bonds is 8. The first-order valence-corrected chi connectivity index (χ1v) is 12.5. The van der Waals surface area contributed by atoms with Crippen LogP contribution in [0.3, 0.4) is 0 Å². The summed E-state index contributed by atoms with van der Waals surface area (Å²) in [6, 6.07) is 15.5. The lowest BCUT2D eigenvalue weighted by Gasteiger charge is -2.37. The second-order valence-electron chi connectivity index (χ2n) is 9.73. The number of nitrogens with zero attached hydrogens (tertiary/aromatic N) is 3. The molecule has 3 aromatic rings. The van der Waals surface area contributed by atoms with E-state index in [2.05, 4.69) is 9.88 Å². The van der Waals surface area contributed by atoms with E-state index in [4.69, 9.17) is 9.47 Å². The molecule has 0 saturated heterocycles. The third-order valence-corrected chi connectivity index (χ3v) is 6.77. The number of methoxy groups -OCH3 is 1. The fourth-order valence-electron chi connectivity index (χ4n) is 4.67. The van der Waals surface area contributed by atoms with Gasteiger partial charge in [-0.25, -0.2) is 9.37 Å². The molecule has 1 N–H and O–H groups in total. The quantitative estimate of drug-likeness (QED) is 0.492. The lowest BCUT2D eigenvalue weighted by atomic mass is 9.99. The number of aliphatic hydroxyl groups is 1. The third kappa shape index (κ3) is 6.09. The highest BCUT2D eigenvalue weighted by Crippen LogP contribution is 2.34. The number of hydrogen-bond acceptors (Lipinski definition) is 6. The maximum absolute atomic E-state index is 13.7. The van der Waals surface area contributed by atoms with Gasteiger partial charge in [0.15, 0.2) is 0 Å². The monoisotopic (exact) mass is 507 g/mol. The Balaban J connectivity index is 1.67. The van der Waals surface area contributed by atoms with E-state index < -0.39 is 0 Å². The number of amides is 1. The summed E-state index contributed by atoms with van der Waals surface area (Å²) in [6.07, 6.45) is 1.40. The topological polar surface area (TPSA) is 75.1 Å². The van der Waals surface area contributed by atoms with Gasteiger partial charge in [0, 0.05) is 42.9 Å². The van der Waals surface area contributed by atoms with Crippen molar-refractivity contribution in [3.63, 3.8) is 0 Å². The molecule has 0 bridgehead atoms. The summed E-state index contributed by atoms with van der Waals surface area (Å²) in [5.41, 5.74) is 2.76. The summed E-state index contributed by atoms with van der Waals surface area (Å²) in [7, 11) is 3.56. The van der Waals surface area contributed by atoms with Gasteiger partial charge in [0.2, 0.25) is 5.88 Å².